The molecule has 4 fully saturated rings. The number of hydrogen-bond acceptors (Lipinski definition) is 4. The molecule has 1 aromatic rings. The minimum Gasteiger partial charge on any atom is -0.282 e. The van der Waals surface area contributed by atoms with E-state index in [2.05, 4.69) is 14.7 Å². The molecule has 4 aliphatic rings. The van der Waals surface area contributed by atoms with Crippen LogP contribution < -0.4 is 0 Å². The van der Waals surface area contributed by atoms with Gasteiger partial charge >= 0.3 is 5.51 Å². The Hall–Kier alpha value is -0.800. The van der Waals surface area contributed by atoms with Gasteiger partial charge in [0.05, 0.1) is 20.0 Å². The zero-order valence-electron chi connectivity index (χ0n) is 12.1. The summed E-state index contributed by atoms with van der Waals surface area (Å²) in [6.07, 6.45) is 0. The molecule has 0 spiro atoms. The van der Waals surface area contributed by atoms with Crippen molar-refractivity contribution in [3.63, 3.8) is 0 Å². The topological polar surface area (TPSA) is 9.72 Å². The third-order valence-corrected chi connectivity index (χ3v) is 5.11. The number of halogens is 3. The molecule has 4 heterocycles. The van der Waals surface area contributed by atoms with E-state index >= 15 is 0 Å². The van der Waals surface area contributed by atoms with Crippen molar-refractivity contribution in [1.29, 1.82) is 0 Å². The molecule has 0 aliphatic carbocycles. The van der Waals surface area contributed by atoms with Crippen LogP contribution in [0.1, 0.15) is 5.56 Å². The molecule has 0 aromatic heterocycles. The highest BCUT2D eigenvalue weighted by molar-refractivity contribution is 8.00. The maximum atomic E-state index is 12.4. The Bertz CT molecular complexity index is 525. The Morgan fingerprint density at radius 3 is 1.86 bits per heavy atom. The fourth-order valence-electron chi connectivity index (χ4n) is 3.99. The summed E-state index contributed by atoms with van der Waals surface area (Å²) in [6, 6.07) is 6.84. The molecular formula is C14H18F3N4S+. The van der Waals surface area contributed by atoms with Crippen LogP contribution >= 0.6 is 11.8 Å². The predicted octanol–water partition coefficient (Wildman–Crippen LogP) is 2.31. The molecular weight excluding hydrogens is 313 g/mol. The molecule has 4 saturated heterocycles. The summed E-state index contributed by atoms with van der Waals surface area (Å²) in [5, 5.41) is 0. The van der Waals surface area contributed by atoms with Crippen molar-refractivity contribution < 1.29 is 17.7 Å². The van der Waals surface area contributed by atoms with Crippen molar-refractivity contribution in [3.8, 4) is 0 Å². The molecule has 1 aromatic carbocycles. The second kappa shape index (κ2) is 5.10. The molecule has 0 atom stereocenters. The third-order valence-electron chi connectivity index (χ3n) is 4.37. The average Bonchev–Trinajstić information content (AvgIpc) is 2.37. The first kappa shape index (κ1) is 14.8. The zero-order chi connectivity index (χ0) is 15.4. The molecule has 0 N–H and O–H groups in total. The zero-order valence-corrected chi connectivity index (χ0v) is 12.9. The van der Waals surface area contributed by atoms with Crippen LogP contribution in [0.25, 0.3) is 0 Å². The van der Waals surface area contributed by atoms with E-state index in [1.54, 1.807) is 12.1 Å². The highest BCUT2D eigenvalue weighted by Crippen LogP contribution is 2.37. The second-order valence-corrected chi connectivity index (χ2v) is 7.69. The summed E-state index contributed by atoms with van der Waals surface area (Å²) in [7, 11) is 0. The van der Waals surface area contributed by atoms with Gasteiger partial charge in [0, 0.05) is 10.5 Å². The summed E-state index contributed by atoms with van der Waals surface area (Å²) < 4.78 is 38.1. The van der Waals surface area contributed by atoms with Crippen molar-refractivity contribution >= 4 is 11.8 Å². The molecule has 4 bridgehead atoms. The minimum atomic E-state index is -4.22. The first-order valence-electron chi connectivity index (χ1n) is 7.26. The molecule has 22 heavy (non-hydrogen) atoms. The fourth-order valence-corrected chi connectivity index (χ4v) is 4.53. The standard InChI is InChI=1S/C14H18F3N4S/c15-14(16,17)22-13-3-1-12(2-4-13)5-21-9-18-6-19(10-21)8-20(7-18)11-21/h1-4H,5-11H2/q+1. The highest BCUT2D eigenvalue weighted by Gasteiger charge is 2.48. The van der Waals surface area contributed by atoms with E-state index in [-0.39, 0.29) is 16.7 Å². The van der Waals surface area contributed by atoms with Gasteiger partial charge < -0.3 is 0 Å². The van der Waals surface area contributed by atoms with Crippen LogP contribution in [0.5, 0.6) is 0 Å². The average molecular weight is 331 g/mol. The van der Waals surface area contributed by atoms with Gasteiger partial charge in [0.15, 0.2) is 0 Å². The highest BCUT2D eigenvalue weighted by atomic mass is 32.2. The number of benzene rings is 1. The van der Waals surface area contributed by atoms with Crippen LogP contribution in [-0.4, -0.2) is 64.7 Å². The van der Waals surface area contributed by atoms with E-state index in [0.29, 0.717) is 0 Å². The van der Waals surface area contributed by atoms with Crippen LogP contribution in [0.15, 0.2) is 29.2 Å². The SMILES string of the molecule is FC(F)(F)Sc1ccc(C[N+]23CN4CN(CN(C4)C2)C3)cc1. The molecule has 4 aliphatic heterocycles. The number of hydrogen-bond donors (Lipinski definition) is 0. The smallest absolute Gasteiger partial charge is 0.282 e. The third kappa shape index (κ3) is 2.98. The van der Waals surface area contributed by atoms with Gasteiger partial charge in [-0.05, 0) is 23.9 Å². The summed E-state index contributed by atoms with van der Waals surface area (Å²) in [4.78, 5) is 7.56. The lowest BCUT2D eigenvalue weighted by molar-refractivity contribution is -0.991. The van der Waals surface area contributed by atoms with Crippen LogP contribution in [0.3, 0.4) is 0 Å². The van der Waals surface area contributed by atoms with Gasteiger partial charge in [-0.1, -0.05) is 12.1 Å². The monoisotopic (exact) mass is 331 g/mol. The first-order valence-corrected chi connectivity index (χ1v) is 8.08. The van der Waals surface area contributed by atoms with E-state index in [1.807, 2.05) is 12.1 Å². The number of nitrogens with zero attached hydrogens (tertiary/aromatic N) is 4. The molecule has 8 heteroatoms. The number of rotatable bonds is 3. The van der Waals surface area contributed by atoms with Crippen molar-refractivity contribution in [3.05, 3.63) is 29.8 Å². The quantitative estimate of drug-likeness (QED) is 0.621. The van der Waals surface area contributed by atoms with Crippen LogP contribution in [0.2, 0.25) is 0 Å². The largest absolute Gasteiger partial charge is 0.446 e. The van der Waals surface area contributed by atoms with Gasteiger partial charge in [0.1, 0.15) is 26.6 Å². The summed E-state index contributed by atoms with van der Waals surface area (Å²) in [5.41, 5.74) is -3.11. The Balaban J connectivity index is 1.47. The van der Waals surface area contributed by atoms with Gasteiger partial charge in [-0.15, -0.1) is 0 Å². The molecule has 4 nitrogen and oxygen atoms in total. The van der Waals surface area contributed by atoms with E-state index in [0.717, 1.165) is 56.6 Å². The van der Waals surface area contributed by atoms with Gasteiger partial charge in [0.2, 0.25) is 0 Å². The summed E-state index contributed by atoms with van der Waals surface area (Å²) in [5.74, 6) is 0. The normalized spacial score (nSPS) is 36.8. The van der Waals surface area contributed by atoms with E-state index in [1.165, 1.54) is 0 Å². The number of thioether (sulfide) groups is 1. The number of alkyl halides is 3. The lowest BCUT2D eigenvalue weighted by atomic mass is 10.1. The van der Waals surface area contributed by atoms with Crippen LogP contribution in [-0.2, 0) is 6.54 Å². The van der Waals surface area contributed by atoms with Crippen molar-refractivity contribution in [2.45, 2.75) is 16.9 Å². The lowest BCUT2D eigenvalue weighted by Crippen LogP contribution is -2.78. The Kier molecular flexibility index (Phi) is 3.43. The Morgan fingerprint density at radius 2 is 1.41 bits per heavy atom. The van der Waals surface area contributed by atoms with Gasteiger partial charge in [-0.3, -0.25) is 4.48 Å². The predicted molar refractivity (Wildman–Crippen MR) is 77.0 cm³/mol. The van der Waals surface area contributed by atoms with Gasteiger partial charge in [0.25, 0.3) is 0 Å². The maximum absolute atomic E-state index is 12.4. The van der Waals surface area contributed by atoms with Gasteiger partial charge in [-0.2, -0.15) is 13.2 Å². The first-order chi connectivity index (χ1) is 10.4. The summed E-state index contributed by atoms with van der Waals surface area (Å²) in [6.45, 7) is 7.09. The van der Waals surface area contributed by atoms with E-state index in [4.69, 9.17) is 0 Å². The maximum Gasteiger partial charge on any atom is 0.446 e. The molecule has 5 rings (SSSR count). The van der Waals surface area contributed by atoms with Gasteiger partial charge in [-0.25, -0.2) is 14.7 Å². The number of quaternary nitrogens is 1. The van der Waals surface area contributed by atoms with E-state index < -0.39 is 5.51 Å². The Morgan fingerprint density at radius 1 is 0.909 bits per heavy atom. The minimum absolute atomic E-state index is 0.0504. The van der Waals surface area contributed by atoms with E-state index in [9.17, 15) is 13.2 Å². The second-order valence-electron chi connectivity index (χ2n) is 6.55. The molecule has 0 saturated carbocycles. The molecule has 0 radical (unpaired) electrons. The fraction of sp³-hybridized carbons (Fsp3) is 0.571. The lowest BCUT2D eigenvalue weighted by Gasteiger charge is -2.60. The molecule has 0 unspecified atom stereocenters. The van der Waals surface area contributed by atoms with Crippen molar-refractivity contribution in [2.24, 2.45) is 0 Å². The molecule has 0 amide bonds. The molecule has 120 valence electrons. The summed E-state index contributed by atoms with van der Waals surface area (Å²) >= 11 is -0.0504. The van der Waals surface area contributed by atoms with Crippen LogP contribution in [0, 0.1) is 0 Å². The van der Waals surface area contributed by atoms with Crippen molar-refractivity contribution in [1.82, 2.24) is 14.7 Å². The van der Waals surface area contributed by atoms with Crippen LogP contribution in [0.4, 0.5) is 13.2 Å². The van der Waals surface area contributed by atoms with Crippen molar-refractivity contribution in [2.75, 3.05) is 40.0 Å². The Labute approximate surface area is 131 Å².